The third-order valence-electron chi connectivity index (χ3n) is 6.02. The van der Waals surface area contributed by atoms with E-state index in [0.717, 1.165) is 5.69 Å². The summed E-state index contributed by atoms with van der Waals surface area (Å²) in [6.45, 7) is 0.222. The molecule has 23 heavy (non-hydrogen) atoms. The molecule has 0 radical (unpaired) electrons. The lowest BCUT2D eigenvalue weighted by atomic mass is 9.63. The molecule has 2 saturated carbocycles. The highest BCUT2D eigenvalue weighted by Crippen LogP contribution is 2.65. The highest BCUT2D eigenvalue weighted by atomic mass is 35.5. The zero-order valence-electron chi connectivity index (χ0n) is 12.5. The van der Waals surface area contributed by atoms with Crippen LogP contribution in [-0.4, -0.2) is 23.4 Å². The molecule has 4 nitrogen and oxygen atoms in total. The van der Waals surface area contributed by atoms with Crippen molar-refractivity contribution in [3.63, 3.8) is 0 Å². The maximum atomic E-state index is 12.8. The number of benzene rings is 1. The van der Waals surface area contributed by atoms with Gasteiger partial charge >= 0.3 is 0 Å². The molecule has 0 unspecified atom stereocenters. The van der Waals surface area contributed by atoms with E-state index in [1.54, 1.807) is 12.1 Å². The number of hydrogen-bond donors (Lipinski definition) is 1. The Morgan fingerprint density at radius 3 is 2.35 bits per heavy atom. The van der Waals surface area contributed by atoms with Crippen LogP contribution in [0.25, 0.3) is 0 Å². The fourth-order valence-electron chi connectivity index (χ4n) is 4.94. The number of imide groups is 1. The van der Waals surface area contributed by atoms with Crippen LogP contribution in [0.5, 0.6) is 0 Å². The van der Waals surface area contributed by atoms with Gasteiger partial charge in [-0.2, -0.15) is 0 Å². The van der Waals surface area contributed by atoms with Gasteiger partial charge in [0.15, 0.2) is 0 Å². The first-order valence-corrected chi connectivity index (χ1v) is 8.56. The second kappa shape index (κ2) is 4.60. The largest absolute Gasteiger partial charge is 0.367 e. The second-order valence-corrected chi connectivity index (χ2v) is 7.54. The molecule has 0 spiro atoms. The zero-order chi connectivity index (χ0) is 15.7. The summed E-state index contributed by atoms with van der Waals surface area (Å²) in [6.07, 6.45) is 5.58. The Hall–Kier alpha value is -1.81. The normalized spacial score (nSPS) is 39.4. The smallest absolute Gasteiger partial charge is 0.235 e. The lowest BCUT2D eigenvalue weighted by molar-refractivity contribution is -0.139. The third-order valence-corrected chi connectivity index (χ3v) is 6.26. The molecule has 2 amide bonds. The average molecular weight is 329 g/mol. The van der Waals surface area contributed by atoms with Crippen molar-refractivity contribution >= 4 is 29.1 Å². The van der Waals surface area contributed by atoms with Crippen LogP contribution in [0.4, 0.5) is 5.69 Å². The van der Waals surface area contributed by atoms with Gasteiger partial charge in [-0.05, 0) is 48.3 Å². The van der Waals surface area contributed by atoms with E-state index in [1.165, 1.54) is 11.3 Å². The van der Waals surface area contributed by atoms with Crippen molar-refractivity contribution in [1.82, 2.24) is 4.90 Å². The van der Waals surface area contributed by atoms with Crippen LogP contribution in [0.15, 0.2) is 36.4 Å². The van der Waals surface area contributed by atoms with Gasteiger partial charge in [0.05, 0.1) is 18.5 Å². The SMILES string of the molecule is O=C1[C@@H]2[C@H]3C=C[C@@H]([C@@H]4C[C@@H]34)[C@H]2C(=O)N1CNc1cccc(Cl)c1. The summed E-state index contributed by atoms with van der Waals surface area (Å²) < 4.78 is 0. The molecule has 1 aromatic rings. The van der Waals surface area contributed by atoms with Gasteiger partial charge in [0.1, 0.15) is 0 Å². The van der Waals surface area contributed by atoms with E-state index in [9.17, 15) is 9.59 Å². The lowest BCUT2D eigenvalue weighted by Gasteiger charge is -2.37. The minimum Gasteiger partial charge on any atom is -0.367 e. The summed E-state index contributed by atoms with van der Waals surface area (Å²) in [5, 5.41) is 3.78. The van der Waals surface area contributed by atoms with E-state index >= 15 is 0 Å². The lowest BCUT2D eigenvalue weighted by Crippen LogP contribution is -2.40. The quantitative estimate of drug-likeness (QED) is 0.685. The molecule has 3 fully saturated rings. The Morgan fingerprint density at radius 2 is 1.74 bits per heavy atom. The number of hydrogen-bond acceptors (Lipinski definition) is 3. The van der Waals surface area contributed by atoms with Gasteiger partial charge in [0, 0.05) is 10.7 Å². The molecular formula is C18H17ClN2O2. The number of carbonyl (C=O) groups is 2. The average Bonchev–Trinajstić information content (AvgIpc) is 3.32. The highest BCUT2D eigenvalue weighted by molar-refractivity contribution is 6.30. The minimum atomic E-state index is -0.123. The van der Waals surface area contributed by atoms with Crippen LogP contribution < -0.4 is 5.32 Å². The van der Waals surface area contributed by atoms with Gasteiger partial charge in [-0.3, -0.25) is 14.5 Å². The monoisotopic (exact) mass is 328 g/mol. The Labute approximate surface area is 139 Å². The summed E-state index contributed by atoms with van der Waals surface area (Å²) in [5.74, 6) is 1.60. The number of amides is 2. The van der Waals surface area contributed by atoms with Crippen molar-refractivity contribution in [2.45, 2.75) is 6.42 Å². The Bertz CT molecular complexity index is 710. The van der Waals surface area contributed by atoms with Crippen molar-refractivity contribution in [3.8, 4) is 0 Å². The molecule has 1 heterocycles. The predicted octanol–water partition coefficient (Wildman–Crippen LogP) is 2.76. The minimum absolute atomic E-state index is 0.000715. The van der Waals surface area contributed by atoms with Crippen molar-refractivity contribution in [2.75, 3.05) is 12.0 Å². The maximum absolute atomic E-state index is 12.8. The van der Waals surface area contributed by atoms with Crippen LogP contribution in [0.2, 0.25) is 5.02 Å². The van der Waals surface area contributed by atoms with Gasteiger partial charge in [0.25, 0.3) is 0 Å². The van der Waals surface area contributed by atoms with E-state index in [0.29, 0.717) is 16.9 Å². The van der Waals surface area contributed by atoms with Crippen molar-refractivity contribution in [3.05, 3.63) is 41.4 Å². The van der Waals surface area contributed by atoms with E-state index in [-0.39, 0.29) is 42.2 Å². The molecule has 5 heteroatoms. The van der Waals surface area contributed by atoms with Gasteiger partial charge in [0.2, 0.25) is 11.8 Å². The third kappa shape index (κ3) is 1.84. The maximum Gasteiger partial charge on any atom is 0.235 e. The molecule has 0 aromatic heterocycles. The summed E-state index contributed by atoms with van der Waals surface area (Å²) in [5.41, 5.74) is 0.817. The van der Waals surface area contributed by atoms with Gasteiger partial charge in [-0.1, -0.05) is 29.8 Å². The number of likely N-dealkylation sites (tertiary alicyclic amines) is 1. The molecule has 1 aliphatic heterocycles. The molecule has 1 saturated heterocycles. The number of anilines is 1. The molecule has 2 bridgehead atoms. The molecular weight excluding hydrogens is 312 g/mol. The van der Waals surface area contributed by atoms with Crippen LogP contribution >= 0.6 is 11.6 Å². The van der Waals surface area contributed by atoms with Crippen LogP contribution in [0.3, 0.4) is 0 Å². The summed E-state index contributed by atoms with van der Waals surface area (Å²) in [4.78, 5) is 27.0. The Morgan fingerprint density at radius 1 is 1.09 bits per heavy atom. The fraction of sp³-hybridized carbons (Fsp3) is 0.444. The number of nitrogens with zero attached hydrogens (tertiary/aromatic N) is 1. The fourth-order valence-corrected chi connectivity index (χ4v) is 5.13. The molecule has 118 valence electrons. The van der Waals surface area contributed by atoms with Crippen molar-refractivity contribution in [2.24, 2.45) is 35.5 Å². The second-order valence-electron chi connectivity index (χ2n) is 7.10. The molecule has 4 aliphatic carbocycles. The van der Waals surface area contributed by atoms with E-state index in [4.69, 9.17) is 11.6 Å². The molecule has 6 rings (SSSR count). The number of nitrogens with one attached hydrogen (secondary N) is 1. The molecule has 6 atom stereocenters. The predicted molar refractivity (Wildman–Crippen MR) is 86.5 cm³/mol. The summed E-state index contributed by atoms with van der Waals surface area (Å²) in [6, 6.07) is 7.31. The number of carbonyl (C=O) groups excluding carboxylic acids is 2. The summed E-state index contributed by atoms with van der Waals surface area (Å²) >= 11 is 5.97. The number of allylic oxidation sites excluding steroid dienone is 2. The highest BCUT2D eigenvalue weighted by Gasteiger charge is 2.66. The van der Waals surface area contributed by atoms with Gasteiger partial charge in [-0.25, -0.2) is 0 Å². The first-order chi connectivity index (χ1) is 11.1. The van der Waals surface area contributed by atoms with Crippen molar-refractivity contribution < 1.29 is 9.59 Å². The Kier molecular flexibility index (Phi) is 2.72. The van der Waals surface area contributed by atoms with E-state index < -0.39 is 0 Å². The molecule has 1 aromatic carbocycles. The van der Waals surface area contributed by atoms with Crippen LogP contribution in [-0.2, 0) is 9.59 Å². The van der Waals surface area contributed by atoms with Gasteiger partial charge < -0.3 is 5.32 Å². The van der Waals surface area contributed by atoms with E-state index in [1.807, 2.05) is 12.1 Å². The zero-order valence-corrected chi connectivity index (χ0v) is 13.2. The van der Waals surface area contributed by atoms with Crippen LogP contribution in [0.1, 0.15) is 6.42 Å². The molecule has 1 N–H and O–H groups in total. The van der Waals surface area contributed by atoms with Gasteiger partial charge in [-0.15, -0.1) is 0 Å². The molecule has 5 aliphatic rings. The van der Waals surface area contributed by atoms with E-state index in [2.05, 4.69) is 17.5 Å². The number of rotatable bonds is 3. The first-order valence-electron chi connectivity index (χ1n) is 8.18. The van der Waals surface area contributed by atoms with Crippen molar-refractivity contribution in [1.29, 1.82) is 0 Å². The standard InChI is InChI=1S/C18H17ClN2O2/c19-9-2-1-3-10(6-9)20-8-21-17(22)15-11-4-5-12(14-7-13(11)14)16(15)18(21)23/h1-6,11-16,20H,7-8H2/t11-,12-,13-,14-,15+,16+/m0/s1. The number of halogens is 1. The summed E-state index contributed by atoms with van der Waals surface area (Å²) in [7, 11) is 0. The first kappa shape index (κ1) is 13.6. The topological polar surface area (TPSA) is 49.4 Å². The van der Waals surface area contributed by atoms with Crippen LogP contribution in [0, 0.1) is 35.5 Å². The Balaban J connectivity index is 1.37.